The molecule has 2 N–H and O–H groups in total. The van der Waals surface area contributed by atoms with Gasteiger partial charge in [-0.1, -0.05) is 25.5 Å². The second-order valence-electron chi connectivity index (χ2n) is 3.22. The summed E-state index contributed by atoms with van der Waals surface area (Å²) in [6, 6.07) is 0. The predicted octanol–water partition coefficient (Wildman–Crippen LogP) is 1.99. The fraction of sp³-hybridized carbons (Fsp3) is 0.556. The molecule has 0 radical (unpaired) electrons. The quantitative estimate of drug-likeness (QED) is 0.585. The van der Waals surface area contributed by atoms with Crippen LogP contribution in [0.25, 0.3) is 0 Å². The van der Waals surface area contributed by atoms with Crippen molar-refractivity contribution in [1.29, 1.82) is 0 Å². The molecule has 2 nitrogen and oxygen atoms in total. The van der Waals surface area contributed by atoms with E-state index in [0.29, 0.717) is 11.8 Å². The zero-order chi connectivity index (χ0) is 8.43. The second-order valence-corrected chi connectivity index (χ2v) is 3.22. The number of allylic oxidation sites excluding steroid dienone is 4. The molecule has 1 aliphatic rings. The van der Waals surface area contributed by atoms with E-state index in [4.69, 9.17) is 10.7 Å². The minimum absolute atomic E-state index is 0.406. The fourth-order valence-corrected chi connectivity index (χ4v) is 1.36. The molecule has 0 amide bonds. The molecule has 62 valence electrons. The van der Waals surface area contributed by atoms with Gasteiger partial charge in [0.25, 0.3) is 0 Å². The normalized spacial score (nSPS) is 30.9. The van der Waals surface area contributed by atoms with Crippen LogP contribution < -0.4 is 5.90 Å². The first-order valence-electron chi connectivity index (χ1n) is 3.92. The summed E-state index contributed by atoms with van der Waals surface area (Å²) in [5.74, 6) is 6.94. The van der Waals surface area contributed by atoms with Crippen LogP contribution in [0.1, 0.15) is 20.8 Å². The highest BCUT2D eigenvalue weighted by molar-refractivity contribution is 5.26. The summed E-state index contributed by atoms with van der Waals surface area (Å²) in [5, 5.41) is 0. The first-order chi connectivity index (χ1) is 5.15. The third kappa shape index (κ3) is 1.63. The smallest absolute Gasteiger partial charge is 0.127 e. The van der Waals surface area contributed by atoms with Crippen molar-refractivity contribution < 1.29 is 4.84 Å². The van der Waals surface area contributed by atoms with Gasteiger partial charge in [0.15, 0.2) is 0 Å². The van der Waals surface area contributed by atoms with Gasteiger partial charge < -0.3 is 4.84 Å². The Morgan fingerprint density at radius 1 is 1.45 bits per heavy atom. The lowest BCUT2D eigenvalue weighted by Gasteiger charge is -2.22. The Morgan fingerprint density at radius 3 is 2.64 bits per heavy atom. The van der Waals surface area contributed by atoms with Crippen LogP contribution in [0.2, 0.25) is 0 Å². The number of nitrogens with two attached hydrogens (primary N) is 1. The van der Waals surface area contributed by atoms with Crippen molar-refractivity contribution in [3.63, 3.8) is 0 Å². The SMILES string of the molecule is CC1=CC(C)C(C)C(ON)=C1. The molecule has 11 heavy (non-hydrogen) atoms. The number of hydrogen-bond acceptors (Lipinski definition) is 2. The third-order valence-electron chi connectivity index (χ3n) is 2.27. The molecule has 1 rings (SSSR count). The van der Waals surface area contributed by atoms with E-state index in [-0.39, 0.29) is 0 Å². The number of rotatable bonds is 1. The van der Waals surface area contributed by atoms with E-state index >= 15 is 0 Å². The maximum Gasteiger partial charge on any atom is 0.127 e. The molecule has 0 heterocycles. The molecule has 0 aromatic heterocycles. The van der Waals surface area contributed by atoms with Crippen LogP contribution in [-0.2, 0) is 4.84 Å². The maximum absolute atomic E-state index is 5.12. The Balaban J connectivity index is 2.84. The van der Waals surface area contributed by atoms with Crippen molar-refractivity contribution in [2.45, 2.75) is 20.8 Å². The second kappa shape index (κ2) is 3.09. The Morgan fingerprint density at radius 2 is 2.09 bits per heavy atom. The van der Waals surface area contributed by atoms with Gasteiger partial charge in [0.2, 0.25) is 0 Å². The van der Waals surface area contributed by atoms with Gasteiger partial charge >= 0.3 is 0 Å². The number of hydrogen-bond donors (Lipinski definition) is 1. The van der Waals surface area contributed by atoms with E-state index in [1.807, 2.05) is 6.08 Å². The molecule has 2 heteroatoms. The van der Waals surface area contributed by atoms with Crippen LogP contribution >= 0.6 is 0 Å². The Hall–Kier alpha value is -0.760. The van der Waals surface area contributed by atoms with Crippen molar-refractivity contribution in [1.82, 2.24) is 0 Å². The zero-order valence-electron chi connectivity index (χ0n) is 7.29. The third-order valence-corrected chi connectivity index (χ3v) is 2.27. The first-order valence-corrected chi connectivity index (χ1v) is 3.92. The summed E-state index contributed by atoms with van der Waals surface area (Å²) in [5.41, 5.74) is 1.23. The molecular weight excluding hydrogens is 138 g/mol. The van der Waals surface area contributed by atoms with Gasteiger partial charge in [0.05, 0.1) is 0 Å². The van der Waals surface area contributed by atoms with Crippen molar-refractivity contribution in [3.8, 4) is 0 Å². The van der Waals surface area contributed by atoms with Gasteiger partial charge in [-0.05, 0) is 18.9 Å². The van der Waals surface area contributed by atoms with Crippen LogP contribution in [0.5, 0.6) is 0 Å². The summed E-state index contributed by atoms with van der Waals surface area (Å²) in [6.45, 7) is 6.34. The van der Waals surface area contributed by atoms with Crippen LogP contribution in [0, 0.1) is 11.8 Å². The highest BCUT2D eigenvalue weighted by Gasteiger charge is 2.19. The topological polar surface area (TPSA) is 35.2 Å². The first kappa shape index (κ1) is 8.34. The van der Waals surface area contributed by atoms with E-state index in [0.717, 1.165) is 5.76 Å². The largest absolute Gasteiger partial charge is 0.416 e. The Bertz CT molecular complexity index is 206. The Labute approximate surface area is 67.7 Å². The average molecular weight is 153 g/mol. The minimum atomic E-state index is 0.406. The van der Waals surface area contributed by atoms with Gasteiger partial charge in [0, 0.05) is 5.92 Å². The predicted molar refractivity (Wildman–Crippen MR) is 45.4 cm³/mol. The van der Waals surface area contributed by atoms with Crippen molar-refractivity contribution in [2.24, 2.45) is 17.7 Å². The van der Waals surface area contributed by atoms with E-state index in [2.05, 4.69) is 26.8 Å². The minimum Gasteiger partial charge on any atom is -0.416 e. The van der Waals surface area contributed by atoms with E-state index < -0.39 is 0 Å². The molecule has 2 atom stereocenters. The molecular formula is C9H15NO. The van der Waals surface area contributed by atoms with E-state index in [9.17, 15) is 0 Å². The molecule has 0 aromatic carbocycles. The van der Waals surface area contributed by atoms with Crippen LogP contribution in [0.3, 0.4) is 0 Å². The maximum atomic E-state index is 5.12. The summed E-state index contributed by atoms with van der Waals surface area (Å²) < 4.78 is 0. The van der Waals surface area contributed by atoms with Gasteiger partial charge in [-0.2, -0.15) is 5.90 Å². The van der Waals surface area contributed by atoms with Crippen LogP contribution in [-0.4, -0.2) is 0 Å². The van der Waals surface area contributed by atoms with Gasteiger partial charge in [-0.25, -0.2) is 0 Å². The highest BCUT2D eigenvalue weighted by Crippen LogP contribution is 2.27. The molecule has 0 fully saturated rings. The van der Waals surface area contributed by atoms with Crippen LogP contribution in [0.4, 0.5) is 0 Å². The zero-order valence-corrected chi connectivity index (χ0v) is 7.29. The van der Waals surface area contributed by atoms with Crippen molar-refractivity contribution in [3.05, 3.63) is 23.5 Å². The molecule has 0 saturated carbocycles. The highest BCUT2D eigenvalue weighted by atomic mass is 16.6. The molecule has 0 saturated heterocycles. The average Bonchev–Trinajstić information content (AvgIpc) is 1.96. The summed E-state index contributed by atoms with van der Waals surface area (Å²) in [7, 11) is 0. The van der Waals surface area contributed by atoms with Gasteiger partial charge in [0.1, 0.15) is 5.76 Å². The lowest BCUT2D eigenvalue weighted by atomic mass is 9.87. The fourth-order valence-electron chi connectivity index (χ4n) is 1.36. The molecule has 0 aromatic rings. The standard InChI is InChI=1S/C9H15NO/c1-6-4-7(2)8(3)9(5-6)11-10/h4-5,7-8H,10H2,1-3H3. The summed E-state index contributed by atoms with van der Waals surface area (Å²) in [6.07, 6.45) is 4.22. The molecule has 0 bridgehead atoms. The molecule has 1 aliphatic carbocycles. The summed E-state index contributed by atoms with van der Waals surface area (Å²) in [4.78, 5) is 4.76. The molecule has 0 aliphatic heterocycles. The lowest BCUT2D eigenvalue weighted by molar-refractivity contribution is 0.172. The Kier molecular flexibility index (Phi) is 2.35. The van der Waals surface area contributed by atoms with Gasteiger partial charge in [-0.3, -0.25) is 0 Å². The van der Waals surface area contributed by atoms with Crippen molar-refractivity contribution >= 4 is 0 Å². The lowest BCUT2D eigenvalue weighted by Crippen LogP contribution is -2.17. The molecule has 2 unspecified atom stereocenters. The summed E-state index contributed by atoms with van der Waals surface area (Å²) >= 11 is 0. The van der Waals surface area contributed by atoms with Crippen LogP contribution in [0.15, 0.2) is 23.5 Å². The van der Waals surface area contributed by atoms with Crippen molar-refractivity contribution in [2.75, 3.05) is 0 Å². The van der Waals surface area contributed by atoms with E-state index in [1.165, 1.54) is 5.57 Å². The monoisotopic (exact) mass is 153 g/mol. The van der Waals surface area contributed by atoms with E-state index in [1.54, 1.807) is 0 Å². The van der Waals surface area contributed by atoms with Gasteiger partial charge in [-0.15, -0.1) is 0 Å². The molecule has 0 spiro atoms.